The number of halogens is 4. The molecule has 168 valence electrons. The molecule has 1 heterocycles. The zero-order chi connectivity index (χ0) is 21.5. The highest BCUT2D eigenvalue weighted by molar-refractivity contribution is 14.0. The van der Waals surface area contributed by atoms with E-state index in [1.807, 2.05) is 6.92 Å². The maximum Gasteiger partial charge on any atom is 0.434 e. The minimum Gasteiger partial charge on any atom is -0.357 e. The third kappa shape index (κ3) is 8.00. The van der Waals surface area contributed by atoms with Crippen LogP contribution in [0, 0.1) is 0 Å². The second-order valence-electron chi connectivity index (χ2n) is 5.85. The smallest absolute Gasteiger partial charge is 0.357 e. The van der Waals surface area contributed by atoms with E-state index in [2.05, 4.69) is 25.3 Å². The number of hydrogen-bond donors (Lipinski definition) is 3. The molecule has 0 radical (unpaired) electrons. The third-order valence-corrected chi connectivity index (χ3v) is 6.08. The van der Waals surface area contributed by atoms with E-state index in [-0.39, 0.29) is 28.9 Å². The van der Waals surface area contributed by atoms with Gasteiger partial charge in [-0.05, 0) is 31.7 Å². The molecule has 0 aliphatic heterocycles. The first-order valence-corrected chi connectivity index (χ1v) is 11.1. The molecule has 7 nitrogen and oxygen atoms in total. The van der Waals surface area contributed by atoms with Crippen molar-refractivity contribution in [1.29, 1.82) is 0 Å². The molecule has 30 heavy (non-hydrogen) atoms. The van der Waals surface area contributed by atoms with Crippen molar-refractivity contribution in [3.05, 3.63) is 45.9 Å². The van der Waals surface area contributed by atoms with Crippen LogP contribution < -0.4 is 15.4 Å². The molecule has 0 atom stereocenters. The number of benzene rings is 1. The molecule has 2 aromatic rings. The van der Waals surface area contributed by atoms with Gasteiger partial charge in [-0.2, -0.15) is 13.2 Å². The van der Waals surface area contributed by atoms with E-state index in [1.54, 1.807) is 12.1 Å². The molecule has 0 saturated heterocycles. The normalized spacial score (nSPS) is 12.4. The van der Waals surface area contributed by atoms with Gasteiger partial charge in [-0.25, -0.2) is 23.1 Å². The number of sulfonamides is 1. The Morgan fingerprint density at radius 3 is 2.40 bits per heavy atom. The first-order chi connectivity index (χ1) is 13.7. The van der Waals surface area contributed by atoms with Gasteiger partial charge in [-0.1, -0.05) is 12.1 Å². The van der Waals surface area contributed by atoms with Gasteiger partial charge in [0.1, 0.15) is 0 Å². The molecule has 0 amide bonds. The van der Waals surface area contributed by atoms with Crippen LogP contribution in [0.15, 0.2) is 39.5 Å². The van der Waals surface area contributed by atoms with Gasteiger partial charge in [-0.15, -0.1) is 35.3 Å². The molecule has 0 aliphatic rings. The van der Waals surface area contributed by atoms with Gasteiger partial charge >= 0.3 is 6.18 Å². The Morgan fingerprint density at radius 2 is 1.87 bits per heavy atom. The molecule has 1 aromatic heterocycles. The molecular formula is C17H23F3IN5O2S2. The van der Waals surface area contributed by atoms with Crippen molar-refractivity contribution in [3.8, 4) is 0 Å². The van der Waals surface area contributed by atoms with Crippen LogP contribution in [0.4, 0.5) is 13.2 Å². The fourth-order valence-electron chi connectivity index (χ4n) is 2.25. The van der Waals surface area contributed by atoms with Gasteiger partial charge in [0, 0.05) is 24.9 Å². The second kappa shape index (κ2) is 11.8. The number of thiazole rings is 1. The number of nitrogens with one attached hydrogen (secondary N) is 3. The summed E-state index contributed by atoms with van der Waals surface area (Å²) >= 11 is 0.971. The van der Waals surface area contributed by atoms with Crippen LogP contribution in [0.1, 0.15) is 23.2 Å². The van der Waals surface area contributed by atoms with E-state index >= 15 is 0 Å². The zero-order valence-corrected chi connectivity index (χ0v) is 20.2. The first-order valence-electron chi connectivity index (χ1n) is 8.72. The number of rotatable bonds is 8. The molecular weight excluding hydrogens is 554 g/mol. The van der Waals surface area contributed by atoms with Crippen LogP contribution in [-0.2, 0) is 29.2 Å². The maximum atomic E-state index is 12.6. The lowest BCUT2D eigenvalue weighted by Gasteiger charge is -2.11. The molecule has 13 heteroatoms. The summed E-state index contributed by atoms with van der Waals surface area (Å²) < 4.78 is 63.5. The summed E-state index contributed by atoms with van der Waals surface area (Å²) in [7, 11) is -2.14. The van der Waals surface area contributed by atoms with Gasteiger partial charge in [0.2, 0.25) is 10.0 Å². The molecule has 0 unspecified atom stereocenters. The Morgan fingerprint density at radius 1 is 1.20 bits per heavy atom. The van der Waals surface area contributed by atoms with Crippen molar-refractivity contribution in [1.82, 2.24) is 20.3 Å². The van der Waals surface area contributed by atoms with E-state index in [4.69, 9.17) is 0 Å². The first kappa shape index (κ1) is 26.6. The summed E-state index contributed by atoms with van der Waals surface area (Å²) in [6.45, 7) is 3.19. The number of guanidine groups is 1. The van der Waals surface area contributed by atoms with Crippen LogP contribution in [0.3, 0.4) is 0 Å². The fraction of sp³-hybridized carbons (Fsp3) is 0.412. The van der Waals surface area contributed by atoms with E-state index in [0.29, 0.717) is 37.0 Å². The van der Waals surface area contributed by atoms with Gasteiger partial charge in [0.05, 0.1) is 16.4 Å². The summed E-state index contributed by atoms with van der Waals surface area (Å²) in [5.74, 6) is 0.507. The number of hydrogen-bond acceptors (Lipinski definition) is 5. The summed E-state index contributed by atoms with van der Waals surface area (Å²) in [6, 6.07) is 6.34. The Balaban J connectivity index is 0.00000450. The molecule has 2 rings (SSSR count). The van der Waals surface area contributed by atoms with Crippen molar-refractivity contribution >= 4 is 51.3 Å². The second-order valence-corrected chi connectivity index (χ2v) is 8.68. The van der Waals surface area contributed by atoms with Crippen LogP contribution in [0.5, 0.6) is 0 Å². The fourth-order valence-corrected chi connectivity index (χ4v) is 3.78. The van der Waals surface area contributed by atoms with Crippen LogP contribution >= 0.6 is 35.3 Å². The standard InChI is InChI=1S/C17H22F3N5O2S2.HI/c1-3-22-16(23-9-8-15-25-14(11-28-15)17(18,19)20)24-10-12-4-6-13(7-5-12)29(26,27)21-2;/h4-7,11,21H,3,8-10H2,1-2H3,(H2,22,23,24);1H. The Hall–Kier alpha value is -1.45. The largest absolute Gasteiger partial charge is 0.434 e. The average molecular weight is 577 g/mol. The number of aromatic nitrogens is 1. The highest BCUT2D eigenvalue weighted by atomic mass is 127. The molecule has 0 fully saturated rings. The van der Waals surface area contributed by atoms with Crippen LogP contribution in [-0.4, -0.2) is 39.5 Å². The molecule has 1 aromatic carbocycles. The lowest BCUT2D eigenvalue weighted by atomic mass is 10.2. The van der Waals surface area contributed by atoms with Crippen molar-refractivity contribution in [2.45, 2.75) is 31.0 Å². The Bertz CT molecular complexity index is 932. The highest BCUT2D eigenvalue weighted by Gasteiger charge is 2.33. The lowest BCUT2D eigenvalue weighted by molar-refractivity contribution is -0.140. The monoisotopic (exact) mass is 577 g/mol. The van der Waals surface area contributed by atoms with Crippen molar-refractivity contribution in [2.24, 2.45) is 4.99 Å². The molecule has 3 N–H and O–H groups in total. The lowest BCUT2D eigenvalue weighted by Crippen LogP contribution is -2.38. The van der Waals surface area contributed by atoms with Crippen molar-refractivity contribution < 1.29 is 21.6 Å². The third-order valence-electron chi connectivity index (χ3n) is 3.74. The van der Waals surface area contributed by atoms with Gasteiger partial charge in [0.25, 0.3) is 0 Å². The number of aliphatic imine (C=N–C) groups is 1. The zero-order valence-electron chi connectivity index (χ0n) is 16.3. The molecule has 0 bridgehead atoms. The summed E-state index contributed by atoms with van der Waals surface area (Å²) in [5.41, 5.74) is -0.0613. The number of alkyl halides is 3. The van der Waals surface area contributed by atoms with Crippen LogP contribution in [0.2, 0.25) is 0 Å². The van der Waals surface area contributed by atoms with Crippen LogP contribution in [0.25, 0.3) is 0 Å². The van der Waals surface area contributed by atoms with Crippen molar-refractivity contribution in [3.63, 3.8) is 0 Å². The predicted octanol–water partition coefficient (Wildman–Crippen LogP) is 2.99. The van der Waals surface area contributed by atoms with Crippen molar-refractivity contribution in [2.75, 3.05) is 20.1 Å². The SMILES string of the molecule is CCNC(=NCc1ccc(S(=O)(=O)NC)cc1)NCCc1nc(C(F)(F)F)cs1.I. The average Bonchev–Trinajstić information content (AvgIpc) is 3.16. The summed E-state index contributed by atoms with van der Waals surface area (Å²) in [4.78, 5) is 8.16. The minimum atomic E-state index is -4.43. The molecule has 0 spiro atoms. The molecule has 0 aliphatic carbocycles. The van der Waals surface area contributed by atoms with Gasteiger partial charge in [-0.3, -0.25) is 0 Å². The van der Waals surface area contributed by atoms with E-state index in [0.717, 1.165) is 22.3 Å². The van der Waals surface area contributed by atoms with E-state index < -0.39 is 21.9 Å². The predicted molar refractivity (Wildman–Crippen MR) is 122 cm³/mol. The minimum absolute atomic E-state index is 0. The maximum absolute atomic E-state index is 12.6. The van der Waals surface area contributed by atoms with E-state index in [1.165, 1.54) is 19.2 Å². The van der Waals surface area contributed by atoms with Gasteiger partial charge < -0.3 is 10.6 Å². The Kier molecular flexibility index (Phi) is 10.5. The summed E-state index contributed by atoms with van der Waals surface area (Å²) in [6.07, 6.45) is -4.09. The quantitative estimate of drug-likeness (QED) is 0.255. The summed E-state index contributed by atoms with van der Waals surface area (Å²) in [5, 5.41) is 7.50. The molecule has 0 saturated carbocycles. The van der Waals surface area contributed by atoms with E-state index in [9.17, 15) is 21.6 Å². The highest BCUT2D eigenvalue weighted by Crippen LogP contribution is 2.29. The topological polar surface area (TPSA) is 95.5 Å². The number of nitrogens with zero attached hydrogens (tertiary/aromatic N) is 2. The van der Waals surface area contributed by atoms with Gasteiger partial charge in [0.15, 0.2) is 11.7 Å². The Labute approximate surface area is 194 Å².